The number of benzene rings is 1. The van der Waals surface area contributed by atoms with E-state index in [9.17, 15) is 14.4 Å². The van der Waals surface area contributed by atoms with E-state index in [1.807, 2.05) is 31.2 Å². The molecule has 1 aromatic carbocycles. The van der Waals surface area contributed by atoms with Gasteiger partial charge in [-0.15, -0.1) is 0 Å². The van der Waals surface area contributed by atoms with Gasteiger partial charge in [0.2, 0.25) is 0 Å². The molecular weight excluding hydrogens is 332 g/mol. The zero-order chi connectivity index (χ0) is 18.7. The SMILES string of the molecule is CCC[C@@H]1NC(=O)N(CN2CCN(c3ccc(C(C)=O)cc3)CC2)C1=O. The van der Waals surface area contributed by atoms with E-state index in [-0.39, 0.29) is 23.8 Å². The van der Waals surface area contributed by atoms with Gasteiger partial charge >= 0.3 is 6.03 Å². The standard InChI is InChI=1S/C19H26N4O3/c1-3-4-17-18(25)23(19(26)20-17)13-21-9-11-22(12-10-21)16-7-5-15(6-8-16)14(2)24/h5-8,17H,3-4,9-13H2,1-2H3,(H,20,26)/t17-/m0/s1. The summed E-state index contributed by atoms with van der Waals surface area (Å²) in [6.07, 6.45) is 1.55. The largest absolute Gasteiger partial charge is 0.369 e. The van der Waals surface area contributed by atoms with Crippen LogP contribution in [0.15, 0.2) is 24.3 Å². The fraction of sp³-hybridized carbons (Fsp3) is 0.526. The molecule has 7 nitrogen and oxygen atoms in total. The van der Waals surface area contributed by atoms with Crippen LogP contribution in [0.25, 0.3) is 0 Å². The Labute approximate surface area is 153 Å². The first kappa shape index (κ1) is 18.4. The molecule has 2 fully saturated rings. The van der Waals surface area contributed by atoms with Gasteiger partial charge in [-0.05, 0) is 37.6 Å². The number of hydrogen-bond donors (Lipinski definition) is 1. The van der Waals surface area contributed by atoms with E-state index in [1.54, 1.807) is 6.92 Å². The predicted octanol–water partition coefficient (Wildman–Crippen LogP) is 1.69. The molecule has 2 heterocycles. The summed E-state index contributed by atoms with van der Waals surface area (Å²) in [5.41, 5.74) is 1.81. The lowest BCUT2D eigenvalue weighted by molar-refractivity contribution is -0.129. The van der Waals surface area contributed by atoms with Gasteiger partial charge in [-0.25, -0.2) is 9.69 Å². The lowest BCUT2D eigenvalue weighted by Gasteiger charge is -2.37. The second-order valence-electron chi connectivity index (χ2n) is 6.91. The Hall–Kier alpha value is -2.41. The second-order valence-corrected chi connectivity index (χ2v) is 6.91. The number of carbonyl (C=O) groups is 3. The van der Waals surface area contributed by atoms with Crippen molar-refractivity contribution in [1.29, 1.82) is 0 Å². The summed E-state index contributed by atoms with van der Waals surface area (Å²) in [5.74, 6) is -0.0459. The molecule has 2 aliphatic heterocycles. The molecule has 0 aromatic heterocycles. The summed E-state index contributed by atoms with van der Waals surface area (Å²) in [4.78, 5) is 41.5. The van der Waals surface area contributed by atoms with Crippen LogP contribution in [0.2, 0.25) is 0 Å². The van der Waals surface area contributed by atoms with E-state index < -0.39 is 0 Å². The average molecular weight is 358 g/mol. The van der Waals surface area contributed by atoms with E-state index >= 15 is 0 Å². The van der Waals surface area contributed by atoms with Gasteiger partial charge in [-0.1, -0.05) is 13.3 Å². The van der Waals surface area contributed by atoms with Crippen molar-refractivity contribution in [3.8, 4) is 0 Å². The Morgan fingerprint density at radius 3 is 2.35 bits per heavy atom. The third-order valence-corrected chi connectivity index (χ3v) is 5.04. The lowest BCUT2D eigenvalue weighted by Crippen LogP contribution is -2.51. The number of amides is 3. The zero-order valence-corrected chi connectivity index (χ0v) is 15.4. The van der Waals surface area contributed by atoms with Crippen molar-refractivity contribution in [1.82, 2.24) is 15.1 Å². The van der Waals surface area contributed by atoms with E-state index in [0.717, 1.165) is 38.3 Å². The minimum atomic E-state index is -0.367. The molecule has 0 radical (unpaired) electrons. The Bertz CT molecular complexity index is 681. The van der Waals surface area contributed by atoms with E-state index in [1.165, 1.54) is 4.90 Å². The summed E-state index contributed by atoms with van der Waals surface area (Å²) < 4.78 is 0. The molecule has 0 unspecified atom stereocenters. The summed E-state index contributed by atoms with van der Waals surface area (Å²) in [7, 11) is 0. The summed E-state index contributed by atoms with van der Waals surface area (Å²) in [6, 6.07) is 7.00. The number of piperazine rings is 1. The van der Waals surface area contributed by atoms with Crippen molar-refractivity contribution in [2.24, 2.45) is 0 Å². The van der Waals surface area contributed by atoms with Crippen LogP contribution in [0.4, 0.5) is 10.5 Å². The molecule has 3 amide bonds. The Morgan fingerprint density at radius 1 is 1.12 bits per heavy atom. The van der Waals surface area contributed by atoms with Gasteiger partial charge < -0.3 is 10.2 Å². The van der Waals surface area contributed by atoms with E-state index in [4.69, 9.17) is 0 Å². The first-order valence-corrected chi connectivity index (χ1v) is 9.19. The third-order valence-electron chi connectivity index (χ3n) is 5.04. The van der Waals surface area contributed by atoms with Crippen LogP contribution in [0.1, 0.15) is 37.0 Å². The van der Waals surface area contributed by atoms with Crippen LogP contribution in [0.5, 0.6) is 0 Å². The van der Waals surface area contributed by atoms with Crippen LogP contribution in [-0.4, -0.2) is 66.4 Å². The minimum Gasteiger partial charge on any atom is -0.369 e. The van der Waals surface area contributed by atoms with Gasteiger partial charge in [0.05, 0.1) is 6.67 Å². The summed E-state index contributed by atoms with van der Waals surface area (Å²) in [6.45, 7) is 7.12. The van der Waals surface area contributed by atoms with Crippen LogP contribution in [0, 0.1) is 0 Å². The Balaban J connectivity index is 1.53. The maximum atomic E-state index is 12.3. The highest BCUT2D eigenvalue weighted by Crippen LogP contribution is 2.19. The fourth-order valence-corrected chi connectivity index (χ4v) is 3.45. The molecule has 26 heavy (non-hydrogen) atoms. The van der Waals surface area contributed by atoms with Crippen molar-refractivity contribution in [2.75, 3.05) is 37.7 Å². The number of rotatable bonds is 6. The number of Topliss-reactive ketones (excluding diaryl/α,β-unsaturated/α-hetero) is 1. The van der Waals surface area contributed by atoms with Gasteiger partial charge in [0.15, 0.2) is 5.78 Å². The van der Waals surface area contributed by atoms with Crippen molar-refractivity contribution < 1.29 is 14.4 Å². The molecule has 0 bridgehead atoms. The molecule has 140 valence electrons. The monoisotopic (exact) mass is 358 g/mol. The van der Waals surface area contributed by atoms with Crippen molar-refractivity contribution in [3.63, 3.8) is 0 Å². The van der Waals surface area contributed by atoms with Gasteiger partial charge in [0.1, 0.15) is 6.04 Å². The second kappa shape index (κ2) is 7.86. The van der Waals surface area contributed by atoms with Crippen LogP contribution in [-0.2, 0) is 4.79 Å². The van der Waals surface area contributed by atoms with Crippen molar-refractivity contribution >= 4 is 23.4 Å². The van der Waals surface area contributed by atoms with Crippen molar-refractivity contribution in [2.45, 2.75) is 32.7 Å². The molecule has 1 N–H and O–H groups in total. The molecule has 0 saturated carbocycles. The molecule has 1 atom stereocenters. The smallest absolute Gasteiger partial charge is 0.325 e. The number of nitrogens with one attached hydrogen (secondary N) is 1. The van der Waals surface area contributed by atoms with E-state index in [0.29, 0.717) is 18.7 Å². The number of hydrogen-bond acceptors (Lipinski definition) is 5. The van der Waals surface area contributed by atoms with Crippen LogP contribution >= 0.6 is 0 Å². The van der Waals surface area contributed by atoms with E-state index in [2.05, 4.69) is 15.1 Å². The third kappa shape index (κ3) is 3.88. The predicted molar refractivity (Wildman–Crippen MR) is 99.2 cm³/mol. The molecule has 7 heteroatoms. The maximum Gasteiger partial charge on any atom is 0.325 e. The zero-order valence-electron chi connectivity index (χ0n) is 15.4. The van der Waals surface area contributed by atoms with Gasteiger partial charge in [0, 0.05) is 37.4 Å². The molecule has 0 spiro atoms. The minimum absolute atomic E-state index is 0.0660. The number of anilines is 1. The summed E-state index contributed by atoms with van der Waals surface area (Å²) in [5, 5.41) is 2.77. The number of imide groups is 1. The van der Waals surface area contributed by atoms with Gasteiger partial charge in [-0.2, -0.15) is 0 Å². The molecular formula is C19H26N4O3. The Kier molecular flexibility index (Phi) is 5.56. The molecule has 2 saturated heterocycles. The fourth-order valence-electron chi connectivity index (χ4n) is 3.45. The number of urea groups is 1. The molecule has 1 aromatic rings. The van der Waals surface area contributed by atoms with Crippen molar-refractivity contribution in [3.05, 3.63) is 29.8 Å². The first-order valence-electron chi connectivity index (χ1n) is 9.19. The Morgan fingerprint density at radius 2 is 1.77 bits per heavy atom. The topological polar surface area (TPSA) is 73.0 Å². The molecule has 3 rings (SSSR count). The van der Waals surface area contributed by atoms with Crippen LogP contribution in [0.3, 0.4) is 0 Å². The first-order chi connectivity index (χ1) is 12.5. The maximum absolute atomic E-state index is 12.3. The highest BCUT2D eigenvalue weighted by molar-refractivity contribution is 6.04. The average Bonchev–Trinajstić information content (AvgIpc) is 2.90. The number of carbonyl (C=O) groups excluding carboxylic acids is 3. The normalized spacial score (nSPS) is 21.2. The van der Waals surface area contributed by atoms with Gasteiger partial charge in [-0.3, -0.25) is 14.5 Å². The molecule has 0 aliphatic carbocycles. The highest BCUT2D eigenvalue weighted by Gasteiger charge is 2.38. The van der Waals surface area contributed by atoms with Gasteiger partial charge in [0.25, 0.3) is 5.91 Å². The lowest BCUT2D eigenvalue weighted by atomic mass is 10.1. The number of ketones is 1. The number of nitrogens with zero attached hydrogens (tertiary/aromatic N) is 3. The summed E-state index contributed by atoms with van der Waals surface area (Å²) >= 11 is 0. The highest BCUT2D eigenvalue weighted by atomic mass is 16.2. The quantitative estimate of drug-likeness (QED) is 0.619. The van der Waals surface area contributed by atoms with Crippen LogP contribution < -0.4 is 10.2 Å². The molecule has 2 aliphatic rings.